The van der Waals surface area contributed by atoms with Crippen molar-refractivity contribution in [2.24, 2.45) is 0 Å². The van der Waals surface area contributed by atoms with Gasteiger partial charge in [-0.15, -0.1) is 4.68 Å². The van der Waals surface area contributed by atoms with Crippen LogP contribution in [0.3, 0.4) is 0 Å². The molecule has 2 rings (SSSR count). The van der Waals surface area contributed by atoms with E-state index in [1.165, 1.54) is 0 Å². The minimum atomic E-state index is -0.585. The molecule has 1 saturated carbocycles. The lowest BCUT2D eigenvalue weighted by Gasteiger charge is -2.14. The number of carbonyl (C=O) groups is 2. The van der Waals surface area contributed by atoms with Gasteiger partial charge in [0.15, 0.2) is 0 Å². The van der Waals surface area contributed by atoms with Crippen molar-refractivity contribution in [1.29, 1.82) is 0 Å². The van der Waals surface area contributed by atoms with Gasteiger partial charge in [-0.25, -0.2) is 9.59 Å². The van der Waals surface area contributed by atoms with Crippen LogP contribution in [-0.4, -0.2) is 40.7 Å². The number of alkyl carbamates (subject to hydrolysis) is 1. The Labute approximate surface area is 135 Å². The Morgan fingerprint density at radius 3 is 2.87 bits per heavy atom. The lowest BCUT2D eigenvalue weighted by atomic mass is 10.0. The zero-order valence-corrected chi connectivity index (χ0v) is 13.7. The lowest BCUT2D eigenvalue weighted by molar-refractivity contribution is 0.0981. The van der Waals surface area contributed by atoms with Crippen LogP contribution in [0.4, 0.5) is 15.4 Å². The summed E-state index contributed by atoms with van der Waals surface area (Å²) >= 11 is 0. The molecule has 23 heavy (non-hydrogen) atoms. The molecule has 1 aromatic rings. The van der Waals surface area contributed by atoms with Gasteiger partial charge in [0.05, 0.1) is 12.3 Å². The van der Waals surface area contributed by atoms with E-state index < -0.39 is 12.2 Å². The van der Waals surface area contributed by atoms with Crippen LogP contribution in [-0.2, 0) is 9.47 Å². The predicted molar refractivity (Wildman–Crippen MR) is 84.2 cm³/mol. The number of nitrogens with two attached hydrogens (primary N) is 1. The van der Waals surface area contributed by atoms with E-state index in [1.807, 2.05) is 13.8 Å². The van der Waals surface area contributed by atoms with Crippen molar-refractivity contribution in [3.8, 4) is 0 Å². The van der Waals surface area contributed by atoms with Crippen LogP contribution < -0.4 is 11.1 Å². The monoisotopic (exact) mass is 324 g/mol. The zero-order valence-electron chi connectivity index (χ0n) is 13.7. The topological polar surface area (TPSA) is 108 Å². The molecule has 1 aromatic heterocycles. The van der Waals surface area contributed by atoms with Crippen molar-refractivity contribution in [1.82, 2.24) is 15.1 Å². The smallest absolute Gasteiger partial charge is 0.436 e. The van der Waals surface area contributed by atoms with E-state index in [1.54, 1.807) is 13.0 Å². The molecule has 1 aliphatic rings. The SMILES string of the molecule is CCOC(=O)n1nc(C2CCC(OC(=O)NC(C)C)C2)cc1N. The highest BCUT2D eigenvalue weighted by Crippen LogP contribution is 2.36. The van der Waals surface area contributed by atoms with Crippen LogP contribution in [0.5, 0.6) is 0 Å². The normalized spacial score (nSPS) is 20.5. The van der Waals surface area contributed by atoms with Gasteiger partial charge in [-0.2, -0.15) is 5.10 Å². The zero-order chi connectivity index (χ0) is 17.0. The highest BCUT2D eigenvalue weighted by atomic mass is 16.6. The van der Waals surface area contributed by atoms with Crippen LogP contribution in [0.15, 0.2) is 6.07 Å². The number of nitrogen functional groups attached to an aromatic ring is 1. The van der Waals surface area contributed by atoms with E-state index in [4.69, 9.17) is 15.2 Å². The second kappa shape index (κ2) is 7.34. The summed E-state index contributed by atoms with van der Waals surface area (Å²) < 4.78 is 11.4. The maximum Gasteiger partial charge on any atom is 0.436 e. The second-order valence-electron chi connectivity index (χ2n) is 5.94. The van der Waals surface area contributed by atoms with Crippen LogP contribution in [0.2, 0.25) is 0 Å². The Hall–Kier alpha value is -2.25. The van der Waals surface area contributed by atoms with Crippen molar-refractivity contribution in [3.05, 3.63) is 11.8 Å². The number of hydrogen-bond acceptors (Lipinski definition) is 6. The van der Waals surface area contributed by atoms with E-state index in [-0.39, 0.29) is 30.5 Å². The molecule has 0 saturated heterocycles. The van der Waals surface area contributed by atoms with Crippen LogP contribution >= 0.6 is 0 Å². The van der Waals surface area contributed by atoms with Crippen LogP contribution in [0.1, 0.15) is 51.6 Å². The Kier molecular flexibility index (Phi) is 5.46. The van der Waals surface area contributed by atoms with Gasteiger partial charge in [0.25, 0.3) is 0 Å². The summed E-state index contributed by atoms with van der Waals surface area (Å²) in [5, 5.41) is 6.94. The summed E-state index contributed by atoms with van der Waals surface area (Å²) in [5.41, 5.74) is 6.54. The van der Waals surface area contributed by atoms with Gasteiger partial charge in [0.2, 0.25) is 0 Å². The van der Waals surface area contributed by atoms with Gasteiger partial charge in [-0.3, -0.25) is 0 Å². The minimum absolute atomic E-state index is 0.0415. The number of nitrogens with zero attached hydrogens (tertiary/aromatic N) is 2. The highest BCUT2D eigenvalue weighted by Gasteiger charge is 2.31. The highest BCUT2D eigenvalue weighted by molar-refractivity contribution is 5.73. The van der Waals surface area contributed by atoms with Crippen LogP contribution in [0, 0.1) is 0 Å². The average molecular weight is 324 g/mol. The Morgan fingerprint density at radius 2 is 2.22 bits per heavy atom. The Morgan fingerprint density at radius 1 is 1.48 bits per heavy atom. The number of nitrogens with one attached hydrogen (secondary N) is 1. The van der Waals surface area contributed by atoms with Crippen molar-refractivity contribution >= 4 is 18.0 Å². The molecule has 1 heterocycles. The van der Waals surface area contributed by atoms with E-state index in [0.29, 0.717) is 6.42 Å². The Balaban J connectivity index is 1.95. The molecule has 1 aliphatic carbocycles. The lowest BCUT2D eigenvalue weighted by Crippen LogP contribution is -2.33. The maximum absolute atomic E-state index is 11.7. The van der Waals surface area contributed by atoms with E-state index in [9.17, 15) is 9.59 Å². The van der Waals surface area contributed by atoms with Gasteiger partial charge >= 0.3 is 12.2 Å². The van der Waals surface area contributed by atoms with Gasteiger partial charge in [0, 0.05) is 18.0 Å². The number of amides is 1. The molecule has 8 heteroatoms. The standard InChI is InChI=1S/C15H24N4O4/c1-4-22-15(21)19-13(16)8-12(18-19)10-5-6-11(7-10)23-14(20)17-9(2)3/h8-11H,4-7,16H2,1-3H3,(H,17,20). The largest absolute Gasteiger partial charge is 0.448 e. The van der Waals surface area contributed by atoms with Gasteiger partial charge in [-0.05, 0) is 40.0 Å². The molecule has 0 spiro atoms. The molecule has 8 nitrogen and oxygen atoms in total. The van der Waals surface area contributed by atoms with Crippen molar-refractivity contribution < 1.29 is 19.1 Å². The average Bonchev–Trinajstić information content (AvgIpc) is 3.04. The van der Waals surface area contributed by atoms with E-state index in [0.717, 1.165) is 23.2 Å². The van der Waals surface area contributed by atoms with Gasteiger partial charge in [0.1, 0.15) is 11.9 Å². The molecule has 2 atom stereocenters. The van der Waals surface area contributed by atoms with Crippen molar-refractivity contribution in [2.45, 2.75) is 58.1 Å². The molecular formula is C15H24N4O4. The molecule has 3 N–H and O–H groups in total. The molecule has 0 aliphatic heterocycles. The third-order valence-electron chi connectivity index (χ3n) is 3.68. The first-order valence-corrected chi connectivity index (χ1v) is 7.90. The molecule has 2 unspecified atom stereocenters. The number of ether oxygens (including phenoxy) is 2. The summed E-state index contributed by atoms with van der Waals surface area (Å²) in [6.07, 6.45) is 1.14. The van der Waals surface area contributed by atoms with Crippen LogP contribution in [0.25, 0.3) is 0 Å². The summed E-state index contributed by atoms with van der Waals surface area (Å²) in [7, 11) is 0. The molecule has 1 fully saturated rings. The second-order valence-corrected chi connectivity index (χ2v) is 5.94. The summed E-state index contributed by atoms with van der Waals surface area (Å²) in [5.74, 6) is 0.366. The number of hydrogen-bond donors (Lipinski definition) is 2. The fourth-order valence-electron chi connectivity index (χ4n) is 2.68. The van der Waals surface area contributed by atoms with Gasteiger partial charge < -0.3 is 20.5 Å². The number of carbonyl (C=O) groups excluding carboxylic acids is 2. The molecular weight excluding hydrogens is 300 g/mol. The third kappa shape index (κ3) is 4.37. The first-order chi connectivity index (χ1) is 10.9. The fourth-order valence-corrected chi connectivity index (χ4v) is 2.68. The minimum Gasteiger partial charge on any atom is -0.448 e. The van der Waals surface area contributed by atoms with E-state index >= 15 is 0 Å². The number of aromatic nitrogens is 2. The summed E-state index contributed by atoms with van der Waals surface area (Å²) in [6, 6.07) is 1.72. The van der Waals surface area contributed by atoms with Gasteiger partial charge in [-0.1, -0.05) is 0 Å². The molecule has 1 amide bonds. The quantitative estimate of drug-likeness (QED) is 0.879. The first-order valence-electron chi connectivity index (χ1n) is 7.90. The summed E-state index contributed by atoms with van der Waals surface area (Å²) in [6.45, 7) is 5.74. The first kappa shape index (κ1) is 17.1. The number of anilines is 1. The molecule has 0 aromatic carbocycles. The van der Waals surface area contributed by atoms with E-state index in [2.05, 4.69) is 10.4 Å². The molecule has 128 valence electrons. The van der Waals surface area contributed by atoms with Crippen molar-refractivity contribution in [3.63, 3.8) is 0 Å². The number of rotatable bonds is 4. The van der Waals surface area contributed by atoms with Crippen molar-refractivity contribution in [2.75, 3.05) is 12.3 Å². The molecule has 0 radical (unpaired) electrons. The fraction of sp³-hybridized carbons (Fsp3) is 0.667. The summed E-state index contributed by atoms with van der Waals surface area (Å²) in [4.78, 5) is 23.4. The Bertz CT molecular complexity index is 570. The third-order valence-corrected chi connectivity index (χ3v) is 3.68. The predicted octanol–water partition coefficient (Wildman–Crippen LogP) is 2.24. The molecule has 0 bridgehead atoms. The maximum atomic E-state index is 11.7.